The predicted octanol–water partition coefficient (Wildman–Crippen LogP) is 2.38. The Kier molecular flexibility index (Phi) is 7.96. The van der Waals surface area contributed by atoms with Crippen molar-refractivity contribution in [1.82, 2.24) is 14.3 Å². The molecule has 0 amide bonds. The zero-order valence-corrected chi connectivity index (χ0v) is 21.9. The first-order chi connectivity index (χ1) is 17.3. The Hall–Kier alpha value is -2.13. The van der Waals surface area contributed by atoms with Gasteiger partial charge in [0.05, 0.1) is 4.91 Å². The van der Waals surface area contributed by atoms with Gasteiger partial charge in [-0.1, -0.05) is 18.3 Å². The lowest BCUT2D eigenvalue weighted by Gasteiger charge is -2.43. The largest absolute Gasteiger partial charge is 0.421 e. The fourth-order valence-corrected chi connectivity index (χ4v) is 6.80. The van der Waals surface area contributed by atoms with Crippen molar-refractivity contribution in [1.29, 1.82) is 0 Å². The molecule has 37 heavy (non-hydrogen) atoms. The molecule has 0 saturated carbocycles. The van der Waals surface area contributed by atoms with Crippen molar-refractivity contribution in [3.05, 3.63) is 40.7 Å². The van der Waals surface area contributed by atoms with E-state index in [1.807, 2.05) is 4.90 Å². The molecule has 2 fully saturated rings. The molecule has 2 saturated heterocycles. The van der Waals surface area contributed by atoms with Crippen LogP contribution in [-0.4, -0.2) is 77.7 Å². The number of thiocarbonyl (C=S) groups is 1. The smallest absolute Gasteiger partial charge is 0.399 e. The van der Waals surface area contributed by atoms with Gasteiger partial charge < -0.3 is 20.5 Å². The number of piperazine rings is 1. The summed E-state index contributed by atoms with van der Waals surface area (Å²) in [4.78, 5) is 10.4. The third-order valence-corrected chi connectivity index (χ3v) is 9.56. The molecule has 0 aromatic carbocycles. The molecule has 1 aromatic heterocycles. The van der Waals surface area contributed by atoms with Crippen molar-refractivity contribution >= 4 is 33.1 Å². The van der Waals surface area contributed by atoms with Gasteiger partial charge in [-0.25, -0.2) is 18.4 Å². The van der Waals surface area contributed by atoms with Crippen LogP contribution < -0.4 is 10.6 Å². The van der Waals surface area contributed by atoms with Gasteiger partial charge in [0, 0.05) is 73.8 Å². The van der Waals surface area contributed by atoms with Crippen molar-refractivity contribution < 1.29 is 31.4 Å². The molecule has 0 bridgehead atoms. The molecule has 9 nitrogen and oxygen atoms in total. The lowest BCUT2D eigenvalue weighted by Crippen LogP contribution is -2.56. The van der Waals surface area contributed by atoms with Crippen LogP contribution in [0.4, 0.5) is 19.1 Å². The molecule has 2 aliphatic heterocycles. The third kappa shape index (κ3) is 5.82. The van der Waals surface area contributed by atoms with Crippen LogP contribution >= 0.6 is 12.2 Å². The summed E-state index contributed by atoms with van der Waals surface area (Å²) in [7, 11) is -3.91. The minimum Gasteiger partial charge on any atom is -0.399 e. The number of halogens is 3. The van der Waals surface area contributed by atoms with Gasteiger partial charge in [0.25, 0.3) is 0 Å². The molecule has 4 rings (SSSR count). The number of aliphatic hydroxyl groups is 1. The Balaban J connectivity index is 1.60. The van der Waals surface area contributed by atoms with E-state index in [0.29, 0.717) is 37.1 Å². The second-order valence-electron chi connectivity index (χ2n) is 9.68. The van der Waals surface area contributed by atoms with Gasteiger partial charge in [-0.2, -0.15) is 17.5 Å². The fraction of sp³-hybridized carbons (Fsp3) is 0.609. The van der Waals surface area contributed by atoms with Crippen LogP contribution in [0, 0.1) is 5.92 Å². The normalized spacial score (nSPS) is 24.4. The number of hydrogen-bond acceptors (Lipinski definition) is 9. The first-order valence-electron chi connectivity index (χ1n) is 12.0. The van der Waals surface area contributed by atoms with E-state index in [-0.39, 0.29) is 48.9 Å². The van der Waals surface area contributed by atoms with Crippen molar-refractivity contribution in [2.24, 2.45) is 11.7 Å². The van der Waals surface area contributed by atoms with Crippen LogP contribution in [-0.2, 0) is 20.4 Å². The van der Waals surface area contributed by atoms with Crippen molar-refractivity contribution in [3.63, 3.8) is 0 Å². The van der Waals surface area contributed by atoms with E-state index in [4.69, 9.17) is 22.7 Å². The van der Waals surface area contributed by atoms with Gasteiger partial charge >= 0.3 is 6.18 Å². The summed E-state index contributed by atoms with van der Waals surface area (Å²) in [5.41, 5.74) is 2.62. The molecule has 1 unspecified atom stereocenters. The van der Waals surface area contributed by atoms with E-state index in [1.165, 1.54) is 10.4 Å². The fourth-order valence-electron chi connectivity index (χ4n) is 4.72. The van der Waals surface area contributed by atoms with Crippen LogP contribution in [0.3, 0.4) is 0 Å². The summed E-state index contributed by atoms with van der Waals surface area (Å²) < 4.78 is 73.6. The number of nitrogens with two attached hydrogens (primary N) is 1. The molecule has 0 radical (unpaired) electrons. The first-order valence-corrected chi connectivity index (χ1v) is 13.8. The Morgan fingerprint density at radius 1 is 1.22 bits per heavy atom. The number of nitrogens with zero attached hydrogens (tertiary/aromatic N) is 4. The standard InChI is InChI=1S/C23H30F3N5O4S2/c1-22(32,23(24,25)26)16-12-28-21(29-13-16)31-7-6-30(14-18(31)10-15-4-8-35-9-5-15)37(33,34)20-11-17(27)2-3-19(20)36/h2,11-13,15,18,32H,3-10,14,27H2,1H3/t18-,22?/m0/s1. The Morgan fingerprint density at radius 2 is 1.86 bits per heavy atom. The summed E-state index contributed by atoms with van der Waals surface area (Å²) in [5.74, 6) is 0.457. The maximum absolute atomic E-state index is 13.5. The van der Waals surface area contributed by atoms with Crippen molar-refractivity contribution in [3.8, 4) is 0 Å². The average Bonchev–Trinajstić information content (AvgIpc) is 2.85. The van der Waals surface area contributed by atoms with E-state index in [2.05, 4.69) is 9.97 Å². The summed E-state index contributed by atoms with van der Waals surface area (Å²) in [6.45, 7) is 2.35. The summed E-state index contributed by atoms with van der Waals surface area (Å²) >= 11 is 5.31. The molecule has 3 N–H and O–H groups in total. The lowest BCUT2D eigenvalue weighted by atomic mass is 9.91. The van der Waals surface area contributed by atoms with Gasteiger partial charge in [-0.3, -0.25) is 0 Å². The third-order valence-electron chi connectivity index (χ3n) is 7.11. The average molecular weight is 562 g/mol. The molecular formula is C23H30F3N5O4S2. The lowest BCUT2D eigenvalue weighted by molar-refractivity contribution is -0.259. The monoisotopic (exact) mass is 561 g/mol. The van der Waals surface area contributed by atoms with Gasteiger partial charge in [0.1, 0.15) is 0 Å². The maximum atomic E-state index is 13.5. The highest BCUT2D eigenvalue weighted by atomic mass is 32.2. The van der Waals surface area contributed by atoms with Crippen molar-refractivity contribution in [2.75, 3.05) is 37.7 Å². The highest BCUT2D eigenvalue weighted by Gasteiger charge is 2.51. The second-order valence-corrected chi connectivity index (χ2v) is 12.1. The van der Waals surface area contributed by atoms with E-state index in [0.717, 1.165) is 25.2 Å². The van der Waals surface area contributed by atoms with Gasteiger partial charge in [-0.15, -0.1) is 0 Å². The van der Waals surface area contributed by atoms with Gasteiger partial charge in [0.15, 0.2) is 5.60 Å². The zero-order valence-electron chi connectivity index (χ0n) is 20.3. The van der Waals surface area contributed by atoms with E-state index in [1.54, 1.807) is 6.08 Å². The Labute approximate surface area is 219 Å². The molecule has 1 aliphatic carbocycles. The number of alkyl halides is 3. The van der Waals surface area contributed by atoms with Crippen LogP contribution in [0.1, 0.15) is 38.2 Å². The molecule has 3 aliphatic rings. The van der Waals surface area contributed by atoms with Crippen molar-refractivity contribution in [2.45, 2.75) is 50.4 Å². The number of allylic oxidation sites excluding steroid dienone is 3. The SMILES string of the molecule is CC(O)(c1cnc(N2CCN(S(=O)(=O)C3=CC(N)=CCC3=S)C[C@@H]2CC2CCOCC2)nc1)C(F)(F)F. The molecule has 1 aromatic rings. The molecule has 0 spiro atoms. The topological polar surface area (TPSA) is 122 Å². The van der Waals surface area contributed by atoms with E-state index >= 15 is 0 Å². The van der Waals surface area contributed by atoms with Gasteiger partial charge in [0.2, 0.25) is 16.0 Å². The summed E-state index contributed by atoms with van der Waals surface area (Å²) in [5, 5.41) is 9.95. The van der Waals surface area contributed by atoms with E-state index in [9.17, 15) is 26.7 Å². The van der Waals surface area contributed by atoms with E-state index < -0.39 is 27.4 Å². The summed E-state index contributed by atoms with van der Waals surface area (Å²) in [6, 6.07) is -0.328. The number of rotatable bonds is 6. The Bertz CT molecular complexity index is 1180. The van der Waals surface area contributed by atoms with Crippen LogP contribution in [0.5, 0.6) is 0 Å². The first kappa shape index (κ1) is 27.9. The highest BCUT2D eigenvalue weighted by molar-refractivity contribution is 7.96. The number of ether oxygens (including phenoxy) is 1. The highest BCUT2D eigenvalue weighted by Crippen LogP contribution is 2.38. The molecular weight excluding hydrogens is 531 g/mol. The molecule has 3 heterocycles. The number of aromatic nitrogens is 2. The maximum Gasteiger partial charge on any atom is 0.421 e. The van der Waals surface area contributed by atoms with Crippen LogP contribution in [0.2, 0.25) is 0 Å². The summed E-state index contributed by atoms with van der Waals surface area (Å²) in [6.07, 6.45) is 2.64. The van der Waals surface area contributed by atoms with Crippen LogP contribution in [0.25, 0.3) is 0 Å². The molecule has 2 atom stereocenters. The second kappa shape index (κ2) is 10.6. The van der Waals surface area contributed by atoms with Gasteiger partial charge in [-0.05, 0) is 38.2 Å². The number of anilines is 1. The number of hydrogen-bond donors (Lipinski definition) is 2. The molecule has 204 valence electrons. The molecule has 14 heteroatoms. The predicted molar refractivity (Wildman–Crippen MR) is 135 cm³/mol. The van der Waals surface area contributed by atoms with Crippen LogP contribution in [0.15, 0.2) is 35.1 Å². The zero-order chi connectivity index (χ0) is 27.0. The number of sulfonamides is 1. The quantitative estimate of drug-likeness (QED) is 0.504. The minimum absolute atomic E-state index is 0.0238. The Morgan fingerprint density at radius 3 is 2.49 bits per heavy atom. The minimum atomic E-state index is -4.89.